The first-order chi connectivity index (χ1) is 6.41. The second-order valence-corrected chi connectivity index (χ2v) is 2.43. The lowest BCUT2D eigenvalue weighted by Crippen LogP contribution is -1.80. The van der Waals surface area contributed by atoms with Crippen LogP contribution in [-0.2, 0) is 9.59 Å². The first kappa shape index (κ1) is 11.5. The SMILES string of the molecule is O=C=NC=CCCCCCN=C=O. The van der Waals surface area contributed by atoms with Crippen molar-refractivity contribution in [3.05, 3.63) is 12.3 Å². The average Bonchev–Trinajstić information content (AvgIpc) is 2.16. The number of hydrogen-bond donors (Lipinski definition) is 0. The van der Waals surface area contributed by atoms with Crippen LogP contribution in [0, 0.1) is 0 Å². The van der Waals surface area contributed by atoms with Gasteiger partial charge in [0.1, 0.15) is 0 Å². The van der Waals surface area contributed by atoms with Crippen LogP contribution >= 0.6 is 0 Å². The van der Waals surface area contributed by atoms with Crippen LogP contribution in [0.4, 0.5) is 0 Å². The van der Waals surface area contributed by atoms with Crippen molar-refractivity contribution in [2.75, 3.05) is 6.54 Å². The number of isocyanates is 2. The predicted octanol–water partition coefficient (Wildman–Crippen LogP) is 1.73. The molecule has 0 fully saturated rings. The van der Waals surface area contributed by atoms with Crippen LogP contribution in [0.2, 0.25) is 0 Å². The van der Waals surface area contributed by atoms with Crippen LogP contribution in [0.15, 0.2) is 22.3 Å². The van der Waals surface area contributed by atoms with E-state index in [1.165, 1.54) is 18.4 Å². The van der Waals surface area contributed by atoms with Gasteiger partial charge in [0.2, 0.25) is 12.2 Å². The standard InChI is InChI=1S/C9H12N2O2/c12-8-10-6-4-2-1-3-5-7-11-9-13/h4,6H,1-3,5,7H2. The van der Waals surface area contributed by atoms with E-state index in [1.807, 2.05) is 6.08 Å². The molecule has 0 heterocycles. The van der Waals surface area contributed by atoms with E-state index in [9.17, 15) is 9.59 Å². The zero-order chi connectivity index (χ0) is 9.78. The van der Waals surface area contributed by atoms with Crippen molar-refractivity contribution in [3.63, 3.8) is 0 Å². The Morgan fingerprint density at radius 1 is 1.08 bits per heavy atom. The maximum Gasteiger partial charge on any atom is 0.239 e. The molecule has 4 heteroatoms. The summed E-state index contributed by atoms with van der Waals surface area (Å²) in [5.74, 6) is 0. The lowest BCUT2D eigenvalue weighted by atomic mass is 10.2. The average molecular weight is 180 g/mol. The van der Waals surface area contributed by atoms with Gasteiger partial charge in [-0.05, 0) is 19.3 Å². The highest BCUT2D eigenvalue weighted by Gasteiger charge is 1.85. The minimum atomic E-state index is 0.555. The smallest absolute Gasteiger partial charge is 0.211 e. The molecule has 70 valence electrons. The van der Waals surface area contributed by atoms with E-state index in [0.717, 1.165) is 25.7 Å². The monoisotopic (exact) mass is 180 g/mol. The molecule has 0 aromatic rings. The molecule has 0 bridgehead atoms. The third-order valence-corrected chi connectivity index (χ3v) is 1.44. The second kappa shape index (κ2) is 10.5. The van der Waals surface area contributed by atoms with Gasteiger partial charge in [0.25, 0.3) is 0 Å². The van der Waals surface area contributed by atoms with E-state index in [1.54, 1.807) is 0 Å². The summed E-state index contributed by atoms with van der Waals surface area (Å²) in [6.07, 6.45) is 9.98. The Labute approximate surface area is 77.1 Å². The second-order valence-electron chi connectivity index (χ2n) is 2.43. The fourth-order valence-electron chi connectivity index (χ4n) is 0.833. The molecule has 0 aliphatic rings. The van der Waals surface area contributed by atoms with Crippen LogP contribution in [0.25, 0.3) is 0 Å². The molecule has 0 aliphatic heterocycles. The number of rotatable bonds is 7. The Kier molecular flexibility index (Phi) is 9.29. The van der Waals surface area contributed by atoms with Crippen LogP contribution in [0.3, 0.4) is 0 Å². The summed E-state index contributed by atoms with van der Waals surface area (Å²) in [4.78, 5) is 26.0. The van der Waals surface area contributed by atoms with Gasteiger partial charge in [-0.15, -0.1) is 0 Å². The number of carbonyl (C=O) groups excluding carboxylic acids is 2. The van der Waals surface area contributed by atoms with E-state index in [-0.39, 0.29) is 0 Å². The Morgan fingerprint density at radius 3 is 2.62 bits per heavy atom. The first-order valence-corrected chi connectivity index (χ1v) is 4.17. The maximum atomic E-state index is 9.66. The summed E-state index contributed by atoms with van der Waals surface area (Å²) >= 11 is 0. The van der Waals surface area contributed by atoms with Gasteiger partial charge in [0, 0.05) is 6.20 Å². The molecule has 0 radical (unpaired) electrons. The molecule has 4 nitrogen and oxygen atoms in total. The number of nitrogens with zero attached hydrogens (tertiary/aromatic N) is 2. The molecule has 0 amide bonds. The Hall–Kier alpha value is -1.50. The molecular weight excluding hydrogens is 168 g/mol. The van der Waals surface area contributed by atoms with E-state index in [0.29, 0.717) is 6.54 Å². The summed E-state index contributed by atoms with van der Waals surface area (Å²) in [6.45, 7) is 0.555. The van der Waals surface area contributed by atoms with Gasteiger partial charge in [-0.3, -0.25) is 0 Å². The van der Waals surface area contributed by atoms with Gasteiger partial charge in [-0.1, -0.05) is 12.5 Å². The van der Waals surface area contributed by atoms with Crippen molar-refractivity contribution in [2.24, 2.45) is 9.98 Å². The summed E-state index contributed by atoms with van der Waals surface area (Å²) in [5, 5.41) is 0. The van der Waals surface area contributed by atoms with Crippen molar-refractivity contribution < 1.29 is 9.59 Å². The van der Waals surface area contributed by atoms with Crippen LogP contribution < -0.4 is 0 Å². The van der Waals surface area contributed by atoms with Gasteiger partial charge < -0.3 is 0 Å². The molecule has 0 rings (SSSR count). The van der Waals surface area contributed by atoms with Crippen molar-refractivity contribution in [1.29, 1.82) is 0 Å². The molecule has 0 aromatic heterocycles. The number of hydrogen-bond acceptors (Lipinski definition) is 4. The Balaban J connectivity index is 3.16. The minimum Gasteiger partial charge on any atom is -0.211 e. The molecule has 0 aliphatic carbocycles. The molecule has 0 saturated carbocycles. The van der Waals surface area contributed by atoms with Crippen LogP contribution in [-0.4, -0.2) is 18.7 Å². The van der Waals surface area contributed by atoms with E-state index >= 15 is 0 Å². The quantitative estimate of drug-likeness (QED) is 0.340. The molecule has 0 spiro atoms. The van der Waals surface area contributed by atoms with E-state index < -0.39 is 0 Å². The summed E-state index contributed by atoms with van der Waals surface area (Å²) < 4.78 is 0. The Bertz CT molecular complexity index is 236. The highest BCUT2D eigenvalue weighted by molar-refractivity contribution is 5.34. The largest absolute Gasteiger partial charge is 0.239 e. The van der Waals surface area contributed by atoms with Crippen molar-refractivity contribution in [2.45, 2.75) is 25.7 Å². The van der Waals surface area contributed by atoms with Crippen LogP contribution in [0.1, 0.15) is 25.7 Å². The third-order valence-electron chi connectivity index (χ3n) is 1.44. The summed E-state index contributed by atoms with van der Waals surface area (Å²) in [5.41, 5.74) is 0. The van der Waals surface area contributed by atoms with Crippen molar-refractivity contribution in [3.8, 4) is 0 Å². The normalized spacial score (nSPS) is 9.23. The molecular formula is C9H12N2O2. The summed E-state index contributed by atoms with van der Waals surface area (Å²) in [6, 6.07) is 0. The van der Waals surface area contributed by atoms with Crippen molar-refractivity contribution >= 4 is 12.2 Å². The highest BCUT2D eigenvalue weighted by Crippen LogP contribution is 2.00. The zero-order valence-corrected chi connectivity index (χ0v) is 7.40. The molecule has 0 N–H and O–H groups in total. The number of aliphatic imine (C=N–C) groups is 2. The van der Waals surface area contributed by atoms with Gasteiger partial charge >= 0.3 is 0 Å². The third kappa shape index (κ3) is 10.5. The van der Waals surface area contributed by atoms with Gasteiger partial charge in [0.05, 0.1) is 6.54 Å². The van der Waals surface area contributed by atoms with E-state index in [2.05, 4.69) is 9.98 Å². The lowest BCUT2D eigenvalue weighted by molar-refractivity contribution is 0.561. The number of allylic oxidation sites excluding steroid dienone is 1. The topological polar surface area (TPSA) is 58.9 Å². The predicted molar refractivity (Wildman–Crippen MR) is 48.7 cm³/mol. The van der Waals surface area contributed by atoms with Gasteiger partial charge in [-0.2, -0.15) is 4.99 Å². The molecule has 0 unspecified atom stereocenters. The molecule has 0 atom stereocenters. The van der Waals surface area contributed by atoms with Crippen LogP contribution in [0.5, 0.6) is 0 Å². The molecule has 13 heavy (non-hydrogen) atoms. The Morgan fingerprint density at radius 2 is 1.92 bits per heavy atom. The van der Waals surface area contributed by atoms with E-state index in [4.69, 9.17) is 0 Å². The fraction of sp³-hybridized carbons (Fsp3) is 0.556. The van der Waals surface area contributed by atoms with Gasteiger partial charge in [0.15, 0.2) is 0 Å². The lowest BCUT2D eigenvalue weighted by Gasteiger charge is -1.92. The van der Waals surface area contributed by atoms with Gasteiger partial charge in [-0.25, -0.2) is 14.6 Å². The number of unbranched alkanes of at least 4 members (excludes halogenated alkanes) is 3. The molecule has 0 saturated heterocycles. The van der Waals surface area contributed by atoms with Crippen molar-refractivity contribution in [1.82, 2.24) is 0 Å². The maximum absolute atomic E-state index is 9.66. The summed E-state index contributed by atoms with van der Waals surface area (Å²) in [7, 11) is 0. The molecule has 0 aromatic carbocycles. The fourth-order valence-corrected chi connectivity index (χ4v) is 0.833. The minimum absolute atomic E-state index is 0.555. The highest BCUT2D eigenvalue weighted by atomic mass is 16.1. The zero-order valence-electron chi connectivity index (χ0n) is 7.40. The first-order valence-electron chi connectivity index (χ1n) is 4.17.